The highest BCUT2D eigenvalue weighted by molar-refractivity contribution is 5.80. The fraction of sp³-hybridized carbons (Fsp3) is 0.450. The summed E-state index contributed by atoms with van der Waals surface area (Å²) in [7, 11) is 0. The van der Waals surface area contributed by atoms with E-state index in [1.54, 1.807) is 6.20 Å². The maximum atomic E-state index is 11.1. The SMILES string of the molecule is CCNC(=NCc1cccc(-n2cccn2)c1)NC1CCN(CC(N)=O)CC1. The molecule has 1 amide bonds. The van der Waals surface area contributed by atoms with Crippen LogP contribution >= 0.6 is 0 Å². The van der Waals surface area contributed by atoms with E-state index in [9.17, 15) is 4.79 Å². The molecule has 1 aromatic heterocycles. The number of carbonyl (C=O) groups excluding carboxylic acids is 1. The predicted octanol–water partition coefficient (Wildman–Crippen LogP) is 0.877. The molecule has 0 radical (unpaired) electrons. The summed E-state index contributed by atoms with van der Waals surface area (Å²) in [6, 6.07) is 10.5. The zero-order chi connectivity index (χ0) is 19.8. The van der Waals surface area contributed by atoms with Crippen molar-refractivity contribution in [2.24, 2.45) is 10.7 Å². The third kappa shape index (κ3) is 5.82. The minimum absolute atomic E-state index is 0.265. The van der Waals surface area contributed by atoms with Crippen LogP contribution in [0.5, 0.6) is 0 Å². The van der Waals surface area contributed by atoms with E-state index in [-0.39, 0.29) is 5.91 Å². The zero-order valence-electron chi connectivity index (χ0n) is 16.3. The van der Waals surface area contributed by atoms with E-state index in [2.05, 4.69) is 39.7 Å². The monoisotopic (exact) mass is 383 g/mol. The Morgan fingerprint density at radius 2 is 2.14 bits per heavy atom. The number of benzene rings is 1. The van der Waals surface area contributed by atoms with Gasteiger partial charge >= 0.3 is 0 Å². The Bertz CT molecular complexity index is 780. The van der Waals surface area contributed by atoms with Gasteiger partial charge in [-0.25, -0.2) is 9.67 Å². The zero-order valence-corrected chi connectivity index (χ0v) is 16.3. The van der Waals surface area contributed by atoms with Crippen molar-refractivity contribution in [2.45, 2.75) is 32.4 Å². The molecule has 3 rings (SSSR count). The molecule has 8 nitrogen and oxygen atoms in total. The Labute approximate surface area is 165 Å². The Balaban J connectivity index is 1.57. The largest absolute Gasteiger partial charge is 0.369 e. The summed E-state index contributed by atoms with van der Waals surface area (Å²) in [5.41, 5.74) is 7.44. The number of guanidine groups is 1. The number of primary amides is 1. The van der Waals surface area contributed by atoms with Crippen LogP contribution in [0.15, 0.2) is 47.7 Å². The first-order valence-corrected chi connectivity index (χ1v) is 9.78. The van der Waals surface area contributed by atoms with E-state index in [0.717, 1.165) is 49.7 Å². The minimum Gasteiger partial charge on any atom is -0.369 e. The number of hydrogen-bond donors (Lipinski definition) is 3. The summed E-state index contributed by atoms with van der Waals surface area (Å²) in [6.07, 6.45) is 5.63. The molecule has 1 saturated heterocycles. The van der Waals surface area contributed by atoms with Gasteiger partial charge in [0.1, 0.15) is 0 Å². The number of nitrogens with two attached hydrogens (primary N) is 1. The van der Waals surface area contributed by atoms with Crippen LogP contribution in [0.25, 0.3) is 5.69 Å². The van der Waals surface area contributed by atoms with Crippen LogP contribution in [0, 0.1) is 0 Å². The first-order valence-electron chi connectivity index (χ1n) is 9.78. The van der Waals surface area contributed by atoms with Crippen molar-refractivity contribution in [1.82, 2.24) is 25.3 Å². The van der Waals surface area contributed by atoms with Crippen molar-refractivity contribution in [2.75, 3.05) is 26.2 Å². The molecule has 28 heavy (non-hydrogen) atoms. The Hall–Kier alpha value is -2.87. The molecule has 0 atom stereocenters. The van der Waals surface area contributed by atoms with Crippen LogP contribution in [-0.2, 0) is 11.3 Å². The molecule has 1 fully saturated rings. The number of piperidine rings is 1. The molecule has 8 heteroatoms. The third-order valence-electron chi connectivity index (χ3n) is 4.75. The molecule has 1 aromatic carbocycles. The maximum Gasteiger partial charge on any atom is 0.231 e. The third-order valence-corrected chi connectivity index (χ3v) is 4.75. The highest BCUT2D eigenvalue weighted by Gasteiger charge is 2.20. The smallest absolute Gasteiger partial charge is 0.231 e. The predicted molar refractivity (Wildman–Crippen MR) is 110 cm³/mol. The lowest BCUT2D eigenvalue weighted by Crippen LogP contribution is -2.49. The van der Waals surface area contributed by atoms with Gasteiger partial charge in [0, 0.05) is 38.1 Å². The van der Waals surface area contributed by atoms with Crippen LogP contribution in [0.4, 0.5) is 0 Å². The highest BCUT2D eigenvalue weighted by Crippen LogP contribution is 2.12. The van der Waals surface area contributed by atoms with E-state index in [1.165, 1.54) is 0 Å². The number of nitrogens with zero attached hydrogens (tertiary/aromatic N) is 4. The number of carbonyl (C=O) groups is 1. The van der Waals surface area contributed by atoms with E-state index in [4.69, 9.17) is 10.7 Å². The van der Waals surface area contributed by atoms with Gasteiger partial charge in [0.2, 0.25) is 5.91 Å². The number of rotatable bonds is 7. The van der Waals surface area contributed by atoms with Gasteiger partial charge in [-0.05, 0) is 43.5 Å². The normalized spacial score (nSPS) is 16.1. The summed E-state index contributed by atoms with van der Waals surface area (Å²) in [5.74, 6) is 0.555. The van der Waals surface area contributed by atoms with E-state index < -0.39 is 0 Å². The van der Waals surface area contributed by atoms with Gasteiger partial charge in [0.15, 0.2) is 5.96 Å². The van der Waals surface area contributed by atoms with Crippen LogP contribution < -0.4 is 16.4 Å². The lowest BCUT2D eigenvalue weighted by Gasteiger charge is -2.32. The molecule has 0 bridgehead atoms. The van der Waals surface area contributed by atoms with Gasteiger partial charge in [-0.15, -0.1) is 0 Å². The van der Waals surface area contributed by atoms with E-state index in [1.807, 2.05) is 29.1 Å². The molecule has 150 valence electrons. The maximum absolute atomic E-state index is 11.1. The fourth-order valence-electron chi connectivity index (χ4n) is 3.36. The molecular weight excluding hydrogens is 354 g/mol. The van der Waals surface area contributed by atoms with Crippen LogP contribution in [0.2, 0.25) is 0 Å². The van der Waals surface area contributed by atoms with Crippen molar-refractivity contribution >= 4 is 11.9 Å². The van der Waals surface area contributed by atoms with Crippen molar-refractivity contribution in [1.29, 1.82) is 0 Å². The quantitative estimate of drug-likeness (QED) is 0.487. The lowest BCUT2D eigenvalue weighted by atomic mass is 10.1. The molecule has 0 spiro atoms. The van der Waals surface area contributed by atoms with Crippen molar-refractivity contribution in [3.8, 4) is 5.69 Å². The Morgan fingerprint density at radius 1 is 1.32 bits per heavy atom. The summed E-state index contributed by atoms with van der Waals surface area (Å²) in [4.78, 5) is 17.9. The summed E-state index contributed by atoms with van der Waals surface area (Å²) in [5, 5.41) is 11.1. The number of nitrogens with one attached hydrogen (secondary N) is 2. The fourth-order valence-corrected chi connectivity index (χ4v) is 3.36. The van der Waals surface area contributed by atoms with Gasteiger partial charge in [-0.1, -0.05) is 12.1 Å². The molecule has 0 unspecified atom stereocenters. The van der Waals surface area contributed by atoms with Gasteiger partial charge in [-0.2, -0.15) is 5.10 Å². The van der Waals surface area contributed by atoms with Crippen LogP contribution in [0.1, 0.15) is 25.3 Å². The minimum atomic E-state index is -0.265. The first kappa shape index (κ1) is 19.9. The average molecular weight is 384 g/mol. The van der Waals surface area contributed by atoms with Crippen LogP contribution in [0.3, 0.4) is 0 Å². The van der Waals surface area contributed by atoms with Crippen molar-refractivity contribution in [3.05, 3.63) is 48.3 Å². The molecule has 1 aliphatic rings. The van der Waals surface area contributed by atoms with Crippen molar-refractivity contribution < 1.29 is 4.79 Å². The second-order valence-electron chi connectivity index (χ2n) is 6.98. The first-order chi connectivity index (χ1) is 13.6. The number of aromatic nitrogens is 2. The Kier molecular flexibility index (Phi) is 7.02. The number of likely N-dealkylation sites (tertiary alicyclic amines) is 1. The number of hydrogen-bond acceptors (Lipinski definition) is 4. The average Bonchev–Trinajstić information content (AvgIpc) is 3.22. The van der Waals surface area contributed by atoms with Gasteiger partial charge in [-0.3, -0.25) is 9.69 Å². The highest BCUT2D eigenvalue weighted by atomic mass is 16.1. The Morgan fingerprint density at radius 3 is 2.82 bits per heavy atom. The second-order valence-corrected chi connectivity index (χ2v) is 6.98. The molecular formula is C20H29N7O. The van der Waals surface area contributed by atoms with E-state index >= 15 is 0 Å². The lowest BCUT2D eigenvalue weighted by molar-refractivity contribution is -0.119. The molecule has 2 aromatic rings. The molecule has 0 aliphatic carbocycles. The topological polar surface area (TPSA) is 101 Å². The molecule has 1 aliphatic heterocycles. The number of aliphatic imine (C=N–C) groups is 1. The second kappa shape index (κ2) is 9.89. The number of amides is 1. The van der Waals surface area contributed by atoms with E-state index in [0.29, 0.717) is 19.1 Å². The van der Waals surface area contributed by atoms with Gasteiger partial charge < -0.3 is 16.4 Å². The van der Waals surface area contributed by atoms with Crippen molar-refractivity contribution in [3.63, 3.8) is 0 Å². The molecule has 0 saturated carbocycles. The summed E-state index contributed by atoms with van der Waals surface area (Å²) in [6.45, 7) is 5.53. The van der Waals surface area contributed by atoms with Gasteiger partial charge in [0.25, 0.3) is 0 Å². The summed E-state index contributed by atoms with van der Waals surface area (Å²) >= 11 is 0. The van der Waals surface area contributed by atoms with Crippen LogP contribution in [-0.4, -0.2) is 58.8 Å². The summed E-state index contributed by atoms with van der Waals surface area (Å²) < 4.78 is 1.84. The molecule has 4 N–H and O–H groups in total. The standard InChI is InChI=1S/C20H29N7O/c1-2-22-20(25-17-7-11-26(12-8-17)15-19(21)28)23-14-16-5-3-6-18(13-16)27-10-4-9-24-27/h3-6,9-10,13,17H,2,7-8,11-12,14-15H2,1H3,(H2,21,28)(H2,22,23,25). The molecule has 2 heterocycles. The van der Waals surface area contributed by atoms with Gasteiger partial charge in [0.05, 0.1) is 18.8 Å².